The van der Waals surface area contributed by atoms with E-state index >= 15 is 0 Å². The first-order valence-electron chi connectivity index (χ1n) is 9.84. The lowest BCUT2D eigenvalue weighted by molar-refractivity contribution is -0.133. The van der Waals surface area contributed by atoms with Crippen LogP contribution in [0.1, 0.15) is 40.2 Å². The Morgan fingerprint density at radius 3 is 2.86 bits per heavy atom. The maximum atomic E-state index is 13.0. The number of benzene rings is 1. The van der Waals surface area contributed by atoms with Gasteiger partial charge in [0.05, 0.1) is 5.69 Å². The molecule has 1 fully saturated rings. The van der Waals surface area contributed by atoms with Crippen LogP contribution in [0.25, 0.3) is 0 Å². The monoisotopic (exact) mass is 383 g/mol. The molecular weight excluding hydrogens is 358 g/mol. The highest BCUT2D eigenvalue weighted by molar-refractivity contribution is 5.84. The third kappa shape index (κ3) is 4.09. The molecule has 2 N–H and O–H groups in total. The number of fused-ring (bicyclic) bond motifs is 1. The molecule has 0 radical (unpaired) electrons. The molecule has 0 bridgehead atoms. The normalized spacial score (nSPS) is 21.9. The predicted octanol–water partition coefficient (Wildman–Crippen LogP) is 2.12. The lowest BCUT2D eigenvalue weighted by Gasteiger charge is -2.34. The van der Waals surface area contributed by atoms with Crippen LogP contribution in [0.5, 0.6) is 0 Å². The minimum atomic E-state index is -1.11. The van der Waals surface area contributed by atoms with Gasteiger partial charge in [0.15, 0.2) is 0 Å². The maximum absolute atomic E-state index is 13.0. The summed E-state index contributed by atoms with van der Waals surface area (Å²) in [4.78, 5) is 25.9. The Balaban J connectivity index is 1.39. The Morgan fingerprint density at radius 2 is 2.07 bits per heavy atom. The fourth-order valence-electron chi connectivity index (χ4n) is 4.32. The van der Waals surface area contributed by atoms with Crippen LogP contribution in [0.3, 0.4) is 0 Å². The van der Waals surface area contributed by atoms with Crippen LogP contribution >= 0.6 is 0 Å². The van der Waals surface area contributed by atoms with Crippen LogP contribution in [0.2, 0.25) is 0 Å². The van der Waals surface area contributed by atoms with Crippen molar-refractivity contribution in [3.8, 4) is 0 Å². The number of piperidine rings is 1. The molecular formula is C21H25N3O4. The van der Waals surface area contributed by atoms with Crippen molar-refractivity contribution < 1.29 is 19.2 Å². The lowest BCUT2D eigenvalue weighted by Crippen LogP contribution is -2.42. The summed E-state index contributed by atoms with van der Waals surface area (Å²) in [5, 5.41) is 16.3. The van der Waals surface area contributed by atoms with Crippen LogP contribution in [0.4, 0.5) is 0 Å². The van der Waals surface area contributed by atoms with Gasteiger partial charge in [0.25, 0.3) is 0 Å². The Bertz CT molecular complexity index is 863. The fraction of sp³-hybridized carbons (Fsp3) is 0.476. The first-order valence-corrected chi connectivity index (χ1v) is 9.84. The number of carbonyl (C=O) groups is 2. The van der Waals surface area contributed by atoms with E-state index < -0.39 is 5.97 Å². The zero-order valence-corrected chi connectivity index (χ0v) is 15.8. The number of aromatic carboxylic acids is 1. The summed E-state index contributed by atoms with van der Waals surface area (Å²) in [5.74, 6) is -0.550. The smallest absolute Gasteiger partial charge is 0.374 e. The van der Waals surface area contributed by atoms with Gasteiger partial charge in [0, 0.05) is 25.6 Å². The minimum Gasteiger partial charge on any atom is -0.475 e. The summed E-state index contributed by atoms with van der Waals surface area (Å²) in [6, 6.07) is 9.81. The lowest BCUT2D eigenvalue weighted by atomic mass is 9.81. The van der Waals surface area contributed by atoms with Crippen LogP contribution in [0.15, 0.2) is 34.9 Å². The molecule has 1 aromatic carbocycles. The molecule has 3 heterocycles. The van der Waals surface area contributed by atoms with Gasteiger partial charge in [-0.2, -0.15) is 0 Å². The highest BCUT2D eigenvalue weighted by atomic mass is 16.5. The van der Waals surface area contributed by atoms with Gasteiger partial charge in [0.1, 0.15) is 0 Å². The van der Waals surface area contributed by atoms with Crippen molar-refractivity contribution in [3.05, 3.63) is 52.9 Å². The van der Waals surface area contributed by atoms with Gasteiger partial charge in [-0.3, -0.25) is 4.79 Å². The molecule has 2 aliphatic rings. The molecule has 0 saturated carbocycles. The summed E-state index contributed by atoms with van der Waals surface area (Å²) in [6.07, 6.45) is 2.99. The fourth-order valence-corrected chi connectivity index (χ4v) is 4.32. The quantitative estimate of drug-likeness (QED) is 0.821. The van der Waals surface area contributed by atoms with Crippen molar-refractivity contribution >= 4 is 11.9 Å². The van der Waals surface area contributed by atoms with Crippen molar-refractivity contribution in [3.63, 3.8) is 0 Å². The third-order valence-corrected chi connectivity index (χ3v) is 5.93. The zero-order chi connectivity index (χ0) is 19.5. The number of hydrogen-bond donors (Lipinski definition) is 2. The van der Waals surface area contributed by atoms with Crippen molar-refractivity contribution in [1.29, 1.82) is 0 Å². The molecule has 1 amide bonds. The number of carboxylic acids is 1. The van der Waals surface area contributed by atoms with Crippen molar-refractivity contribution in [2.75, 3.05) is 19.6 Å². The van der Waals surface area contributed by atoms with E-state index in [1.165, 1.54) is 17.2 Å². The van der Waals surface area contributed by atoms with E-state index in [2.05, 4.69) is 28.7 Å². The summed E-state index contributed by atoms with van der Waals surface area (Å²) in [5.41, 5.74) is 3.22. The van der Waals surface area contributed by atoms with E-state index in [0.29, 0.717) is 25.1 Å². The van der Waals surface area contributed by atoms with E-state index in [9.17, 15) is 9.59 Å². The minimum absolute atomic E-state index is 0.140. The van der Waals surface area contributed by atoms with E-state index in [1.807, 2.05) is 11.0 Å². The number of nitrogens with zero attached hydrogens (tertiary/aromatic N) is 2. The topological polar surface area (TPSA) is 95.7 Å². The summed E-state index contributed by atoms with van der Waals surface area (Å²) >= 11 is 0. The van der Waals surface area contributed by atoms with Gasteiger partial charge >= 0.3 is 5.97 Å². The van der Waals surface area contributed by atoms with Crippen LogP contribution in [-0.4, -0.2) is 46.7 Å². The first-order chi connectivity index (χ1) is 13.6. The van der Waals surface area contributed by atoms with Gasteiger partial charge in [0.2, 0.25) is 11.7 Å². The Morgan fingerprint density at radius 1 is 1.25 bits per heavy atom. The first kappa shape index (κ1) is 18.7. The molecule has 2 aliphatic heterocycles. The van der Waals surface area contributed by atoms with E-state index in [4.69, 9.17) is 9.63 Å². The van der Waals surface area contributed by atoms with Crippen LogP contribution < -0.4 is 5.32 Å². The second-order valence-corrected chi connectivity index (χ2v) is 7.74. The predicted molar refractivity (Wildman–Crippen MR) is 102 cm³/mol. The molecule has 0 spiro atoms. The van der Waals surface area contributed by atoms with Crippen molar-refractivity contribution in [1.82, 2.24) is 15.4 Å². The number of nitrogens with one attached hydrogen (secondary N) is 1. The van der Waals surface area contributed by atoms with Crippen molar-refractivity contribution in [2.45, 2.75) is 32.2 Å². The molecule has 2 atom stereocenters. The average molecular weight is 383 g/mol. The maximum Gasteiger partial charge on any atom is 0.374 e. The average Bonchev–Trinajstić information content (AvgIpc) is 3.18. The number of hydrogen-bond acceptors (Lipinski definition) is 5. The highest BCUT2D eigenvalue weighted by Gasteiger charge is 2.30. The second kappa shape index (κ2) is 8.14. The molecule has 0 aliphatic carbocycles. The highest BCUT2D eigenvalue weighted by Crippen LogP contribution is 2.28. The molecule has 7 heteroatoms. The third-order valence-electron chi connectivity index (χ3n) is 5.93. The summed E-state index contributed by atoms with van der Waals surface area (Å²) < 4.78 is 4.87. The van der Waals surface area contributed by atoms with Gasteiger partial charge < -0.3 is 19.8 Å². The summed E-state index contributed by atoms with van der Waals surface area (Å²) in [6.45, 7) is 3.17. The second-order valence-electron chi connectivity index (χ2n) is 7.74. The molecule has 148 valence electrons. The number of carbonyl (C=O) groups excluding carboxylic acids is 1. The Hall–Kier alpha value is -2.67. The number of aromatic nitrogens is 1. The van der Waals surface area contributed by atoms with Crippen molar-refractivity contribution in [2.24, 2.45) is 11.8 Å². The van der Waals surface area contributed by atoms with Gasteiger partial charge in [-0.15, -0.1) is 0 Å². The molecule has 4 rings (SSSR count). The van der Waals surface area contributed by atoms with Gasteiger partial charge in [-0.25, -0.2) is 4.79 Å². The van der Waals surface area contributed by atoms with Crippen LogP contribution in [-0.2, 0) is 24.2 Å². The van der Waals surface area contributed by atoms with E-state index in [-0.39, 0.29) is 23.5 Å². The molecule has 28 heavy (non-hydrogen) atoms. The molecule has 0 unspecified atom stereocenters. The number of rotatable bonds is 5. The number of carboxylic acid groups (broad SMARTS) is 1. The van der Waals surface area contributed by atoms with Gasteiger partial charge in [-0.05, 0) is 55.3 Å². The van der Waals surface area contributed by atoms with Gasteiger partial charge in [-0.1, -0.05) is 29.4 Å². The van der Waals surface area contributed by atoms with E-state index in [1.54, 1.807) is 0 Å². The Kier molecular flexibility index (Phi) is 5.43. The molecule has 2 aromatic rings. The summed E-state index contributed by atoms with van der Waals surface area (Å²) in [7, 11) is 0. The van der Waals surface area contributed by atoms with E-state index in [0.717, 1.165) is 32.5 Å². The zero-order valence-electron chi connectivity index (χ0n) is 15.8. The molecule has 1 saturated heterocycles. The number of amides is 1. The molecule has 1 aromatic heterocycles. The largest absolute Gasteiger partial charge is 0.475 e. The standard InChI is InChI=1S/C21H25N3O4/c25-20(24-8-6-14-3-1-2-4-16(14)13-24)10-15-5-7-22-12-17(15)9-18-11-19(21(26)27)28-23-18/h1-4,11,15,17,22H,5-10,12-13H2,(H,26,27)/t15-,17+/m1/s1. The molecule has 7 nitrogen and oxygen atoms in total. The SMILES string of the molecule is O=C(O)c1cc(C[C@H]2CNCC[C@@H]2CC(=O)N2CCc3ccccc3C2)no1. The van der Waals surface area contributed by atoms with Crippen LogP contribution in [0, 0.1) is 11.8 Å². The Labute approximate surface area is 163 Å².